The van der Waals surface area contributed by atoms with Gasteiger partial charge < -0.3 is 29.4 Å². The minimum atomic E-state index is -0.495. The van der Waals surface area contributed by atoms with Gasteiger partial charge in [-0.05, 0) is 54.8 Å². The minimum absolute atomic E-state index is 0.0348. The van der Waals surface area contributed by atoms with Crippen molar-refractivity contribution >= 4 is 28.8 Å². The summed E-state index contributed by atoms with van der Waals surface area (Å²) in [6, 6.07) is 12.6. The number of rotatable bonds is 7. The van der Waals surface area contributed by atoms with E-state index in [4.69, 9.17) is 26.2 Å². The molecule has 1 aromatic heterocycles. The molecule has 3 aromatic carbocycles. The molecule has 7 nitrogen and oxygen atoms in total. The predicted molar refractivity (Wildman–Crippen MR) is 144 cm³/mol. The Morgan fingerprint density at radius 2 is 1.79 bits per heavy atom. The highest BCUT2D eigenvalue weighted by molar-refractivity contribution is 6.31. The molecule has 0 spiro atoms. The first-order chi connectivity index (χ1) is 18.3. The van der Waals surface area contributed by atoms with Crippen molar-refractivity contribution in [1.82, 2.24) is 4.57 Å². The number of halogens is 2. The van der Waals surface area contributed by atoms with Gasteiger partial charge in [0.2, 0.25) is 0 Å². The Balaban J connectivity index is 0.00000164. The number of ether oxygens (including phenoxy) is 2. The van der Waals surface area contributed by atoms with Crippen LogP contribution < -0.4 is 4.74 Å². The number of hydrogen-bond donors (Lipinski definition) is 3. The van der Waals surface area contributed by atoms with Gasteiger partial charge in [-0.3, -0.25) is 4.79 Å². The second-order valence-corrected chi connectivity index (χ2v) is 9.59. The summed E-state index contributed by atoms with van der Waals surface area (Å²) in [4.78, 5) is 11.3. The maximum atomic E-state index is 14.4. The Morgan fingerprint density at radius 1 is 1.05 bits per heavy atom. The van der Waals surface area contributed by atoms with E-state index in [1.54, 1.807) is 37.4 Å². The number of aromatic nitrogens is 1. The van der Waals surface area contributed by atoms with Gasteiger partial charge in [-0.15, -0.1) is 0 Å². The van der Waals surface area contributed by atoms with Gasteiger partial charge >= 0.3 is 0 Å². The van der Waals surface area contributed by atoms with Gasteiger partial charge in [-0.2, -0.15) is 0 Å². The Morgan fingerprint density at radius 3 is 2.37 bits per heavy atom. The number of aliphatic hydroxyl groups excluding tert-OH is 1. The van der Waals surface area contributed by atoms with E-state index in [9.17, 15) is 19.4 Å². The summed E-state index contributed by atoms with van der Waals surface area (Å²) in [6.07, 6.45) is 3.23. The second kappa shape index (κ2) is 11.0. The van der Waals surface area contributed by atoms with E-state index in [-0.39, 0.29) is 22.8 Å². The van der Waals surface area contributed by atoms with Crippen molar-refractivity contribution in [3.63, 3.8) is 0 Å². The molecule has 9 heteroatoms. The Labute approximate surface area is 224 Å². The van der Waals surface area contributed by atoms with Crippen LogP contribution in [0.3, 0.4) is 0 Å². The van der Waals surface area contributed by atoms with Crippen LogP contribution >= 0.6 is 11.6 Å². The number of phenols is 2. The number of carbonyl (C=O) groups is 1. The van der Waals surface area contributed by atoms with Gasteiger partial charge in [-0.25, -0.2) is 4.39 Å². The molecule has 1 fully saturated rings. The van der Waals surface area contributed by atoms with Crippen molar-refractivity contribution in [3.8, 4) is 34.1 Å². The van der Waals surface area contributed by atoms with Gasteiger partial charge in [-0.1, -0.05) is 24.1 Å². The zero-order chi connectivity index (χ0) is 27.6. The predicted octanol–water partition coefficient (Wildman–Crippen LogP) is 6.00. The van der Waals surface area contributed by atoms with Crippen molar-refractivity contribution in [2.24, 2.45) is 0 Å². The van der Waals surface area contributed by atoms with E-state index in [1.807, 2.05) is 4.57 Å². The quantitative estimate of drug-likeness (QED) is 0.248. The monoisotopic (exact) mass is 541 g/mol. The van der Waals surface area contributed by atoms with Gasteiger partial charge in [0, 0.05) is 47.7 Å². The fraction of sp³-hybridized carbons (Fsp3) is 0.276. The van der Waals surface area contributed by atoms with E-state index in [2.05, 4.69) is 0 Å². The molecule has 0 saturated heterocycles. The summed E-state index contributed by atoms with van der Waals surface area (Å²) in [5, 5.41) is 29.5. The number of aromatic hydroxyl groups is 2. The third-order valence-electron chi connectivity index (χ3n) is 7.09. The maximum Gasteiger partial charge on any atom is 0.165 e. The largest absolute Gasteiger partial charge is 0.507 e. The standard InChI is InChI=1S/C28H25ClFNO5.CH4O/c1-35-15-28(8-3-9-28)27-25(16-4-5-17(14-32)22(33)10-16)26-21(11-18(29)12-23(26)34)31(27)19-6-7-20(30)24(13-19)36-2;1-2/h4-7,10-14,33-34H,3,8-9,15H2,1-2H3;2H,1H3. The van der Waals surface area contributed by atoms with Crippen molar-refractivity contribution < 1.29 is 34.0 Å². The lowest BCUT2D eigenvalue weighted by Gasteiger charge is -2.43. The van der Waals surface area contributed by atoms with Crippen LogP contribution in [-0.2, 0) is 10.2 Å². The normalized spacial score (nSPS) is 13.9. The first-order valence-electron chi connectivity index (χ1n) is 12.0. The van der Waals surface area contributed by atoms with Crippen molar-refractivity contribution in [2.75, 3.05) is 27.9 Å². The number of benzene rings is 3. The summed E-state index contributed by atoms with van der Waals surface area (Å²) in [7, 11) is 4.05. The molecular formula is C29H29ClFNO6. The van der Waals surface area contributed by atoms with E-state index < -0.39 is 11.2 Å². The van der Waals surface area contributed by atoms with E-state index in [1.165, 1.54) is 25.3 Å². The van der Waals surface area contributed by atoms with Crippen molar-refractivity contribution in [1.29, 1.82) is 0 Å². The summed E-state index contributed by atoms with van der Waals surface area (Å²) in [5.41, 5.74) is 3.13. The van der Waals surface area contributed by atoms with Crippen LogP contribution in [-0.4, -0.2) is 54.1 Å². The number of phenolic OH excluding ortho intramolecular Hbond substituents is 2. The first kappa shape index (κ1) is 27.4. The van der Waals surface area contributed by atoms with E-state index in [0.29, 0.717) is 45.6 Å². The van der Waals surface area contributed by atoms with Gasteiger partial charge in [0.1, 0.15) is 11.5 Å². The number of hydrogen-bond acceptors (Lipinski definition) is 6. The highest BCUT2D eigenvalue weighted by atomic mass is 35.5. The molecule has 38 heavy (non-hydrogen) atoms. The zero-order valence-electron chi connectivity index (χ0n) is 21.3. The number of nitrogens with zero attached hydrogens (tertiary/aromatic N) is 1. The van der Waals surface area contributed by atoms with Gasteiger partial charge in [0.25, 0.3) is 0 Å². The van der Waals surface area contributed by atoms with Crippen LogP contribution in [0, 0.1) is 5.82 Å². The molecule has 1 aliphatic rings. The summed E-state index contributed by atoms with van der Waals surface area (Å²) >= 11 is 6.40. The Bertz CT molecular complexity index is 1490. The summed E-state index contributed by atoms with van der Waals surface area (Å²) in [5.74, 6) is -0.617. The molecule has 1 saturated carbocycles. The molecule has 0 bridgehead atoms. The van der Waals surface area contributed by atoms with Crippen molar-refractivity contribution in [3.05, 3.63) is 70.6 Å². The lowest BCUT2D eigenvalue weighted by Crippen LogP contribution is -2.41. The van der Waals surface area contributed by atoms with Crippen LogP contribution in [0.2, 0.25) is 5.02 Å². The Hall–Kier alpha value is -3.59. The maximum absolute atomic E-state index is 14.4. The number of aliphatic hydroxyl groups is 1. The molecule has 200 valence electrons. The molecule has 0 radical (unpaired) electrons. The summed E-state index contributed by atoms with van der Waals surface area (Å²) in [6.45, 7) is 0.418. The second-order valence-electron chi connectivity index (χ2n) is 9.16. The van der Waals surface area contributed by atoms with Crippen LogP contribution in [0.25, 0.3) is 27.7 Å². The first-order valence-corrected chi connectivity index (χ1v) is 12.3. The fourth-order valence-corrected chi connectivity index (χ4v) is 5.54. The highest BCUT2D eigenvalue weighted by Gasteiger charge is 2.44. The molecule has 0 unspecified atom stereocenters. The van der Waals surface area contributed by atoms with Gasteiger partial charge in [0.15, 0.2) is 17.9 Å². The van der Waals surface area contributed by atoms with E-state index in [0.717, 1.165) is 32.1 Å². The molecule has 0 aliphatic heterocycles. The van der Waals surface area contributed by atoms with Crippen LogP contribution in [0.1, 0.15) is 35.3 Å². The molecule has 1 aliphatic carbocycles. The minimum Gasteiger partial charge on any atom is -0.507 e. The molecular weight excluding hydrogens is 513 g/mol. The summed E-state index contributed by atoms with van der Waals surface area (Å²) < 4.78 is 27.3. The van der Waals surface area contributed by atoms with E-state index >= 15 is 0 Å². The SMILES string of the molecule is CO.COCC1(c2c(-c3ccc(C=O)c(O)c3)c3c(O)cc(Cl)cc3n2-c2ccc(F)c(OC)c2)CCC1. The van der Waals surface area contributed by atoms with Crippen LogP contribution in [0.4, 0.5) is 4.39 Å². The molecule has 0 atom stereocenters. The van der Waals surface area contributed by atoms with Crippen LogP contribution in [0.5, 0.6) is 17.2 Å². The molecule has 5 rings (SSSR count). The molecule has 1 heterocycles. The third kappa shape index (κ3) is 4.49. The molecule has 3 N–H and O–H groups in total. The number of fused-ring (bicyclic) bond motifs is 1. The fourth-order valence-electron chi connectivity index (χ4n) is 5.33. The third-order valence-corrected chi connectivity index (χ3v) is 7.30. The lowest BCUT2D eigenvalue weighted by atomic mass is 9.65. The van der Waals surface area contributed by atoms with Gasteiger partial charge in [0.05, 0.1) is 30.2 Å². The smallest absolute Gasteiger partial charge is 0.165 e. The topological polar surface area (TPSA) is 101 Å². The molecule has 4 aromatic rings. The number of carbonyl (C=O) groups excluding carboxylic acids is 1. The average molecular weight is 542 g/mol. The number of methoxy groups -OCH3 is 2. The van der Waals surface area contributed by atoms with Crippen molar-refractivity contribution in [2.45, 2.75) is 24.7 Å². The zero-order valence-corrected chi connectivity index (χ0v) is 22.1. The number of aldehydes is 1. The highest BCUT2D eigenvalue weighted by Crippen LogP contribution is 2.53. The average Bonchev–Trinajstić information content (AvgIpc) is 3.23. The lowest BCUT2D eigenvalue weighted by molar-refractivity contribution is 0.0758. The Kier molecular flexibility index (Phi) is 7.97. The van der Waals surface area contributed by atoms with Crippen LogP contribution in [0.15, 0.2) is 48.5 Å². The molecule has 0 amide bonds.